The lowest BCUT2D eigenvalue weighted by molar-refractivity contribution is -0.128. The number of Topliss-reactive ketones (excluding diaryl/α,β-unsaturated/α-hetero) is 1. The van der Waals surface area contributed by atoms with E-state index in [1.54, 1.807) is 0 Å². The Morgan fingerprint density at radius 1 is 1.45 bits per heavy atom. The molecule has 2 aliphatic carbocycles. The summed E-state index contributed by atoms with van der Waals surface area (Å²) >= 11 is 0. The van der Waals surface area contributed by atoms with Gasteiger partial charge in [0.2, 0.25) is 0 Å². The predicted molar refractivity (Wildman–Crippen MR) is 41.0 cm³/mol. The van der Waals surface area contributed by atoms with Crippen LogP contribution in [-0.2, 0) is 4.79 Å². The maximum absolute atomic E-state index is 11.3. The third kappa shape index (κ3) is 1.09. The molecule has 0 spiro atoms. The van der Waals surface area contributed by atoms with E-state index in [0.717, 1.165) is 6.42 Å². The van der Waals surface area contributed by atoms with Gasteiger partial charge in [0.25, 0.3) is 0 Å². The van der Waals surface area contributed by atoms with Crippen LogP contribution in [0, 0.1) is 17.8 Å². The predicted octanol–water partition coefficient (Wildman–Crippen LogP) is 0.984. The van der Waals surface area contributed by atoms with E-state index in [9.17, 15) is 4.79 Å². The lowest BCUT2D eigenvalue weighted by atomic mass is 9.79. The summed E-state index contributed by atoms with van der Waals surface area (Å²) in [5.41, 5.74) is 0. The number of carbonyl (C=O) groups excluding carboxylic acids is 1. The molecular weight excluding hydrogens is 140 g/mol. The standard InChI is InChI=1S/C9H14O2/c10-5-8-7-2-1-6(3-7)4-9(8)11/h6-8,10H,1-5H2. The SMILES string of the molecule is O=C1CC2CCC(C2)C1CO. The van der Waals surface area contributed by atoms with Gasteiger partial charge in [0.1, 0.15) is 5.78 Å². The van der Waals surface area contributed by atoms with Crippen LogP contribution >= 0.6 is 0 Å². The van der Waals surface area contributed by atoms with Crippen LogP contribution in [0.15, 0.2) is 0 Å². The summed E-state index contributed by atoms with van der Waals surface area (Å²) in [4.78, 5) is 11.3. The van der Waals surface area contributed by atoms with Crippen molar-refractivity contribution in [3.05, 3.63) is 0 Å². The lowest BCUT2D eigenvalue weighted by Gasteiger charge is -2.25. The van der Waals surface area contributed by atoms with Crippen molar-refractivity contribution in [3.8, 4) is 0 Å². The van der Waals surface area contributed by atoms with Gasteiger partial charge in [0.15, 0.2) is 0 Å². The summed E-state index contributed by atoms with van der Waals surface area (Å²) in [6, 6.07) is 0. The van der Waals surface area contributed by atoms with E-state index in [4.69, 9.17) is 5.11 Å². The van der Waals surface area contributed by atoms with Gasteiger partial charge in [0.05, 0.1) is 6.61 Å². The van der Waals surface area contributed by atoms with E-state index in [0.29, 0.717) is 17.6 Å². The van der Waals surface area contributed by atoms with Gasteiger partial charge in [-0.3, -0.25) is 4.79 Å². The Labute approximate surface area is 66.6 Å². The highest BCUT2D eigenvalue weighted by Crippen LogP contribution is 2.43. The minimum atomic E-state index is -0.00579. The maximum Gasteiger partial charge on any atom is 0.138 e. The number of hydrogen-bond donors (Lipinski definition) is 1. The van der Waals surface area contributed by atoms with Crippen molar-refractivity contribution < 1.29 is 9.90 Å². The molecule has 11 heavy (non-hydrogen) atoms. The zero-order valence-corrected chi connectivity index (χ0v) is 6.62. The van der Waals surface area contributed by atoms with Gasteiger partial charge in [0, 0.05) is 12.3 Å². The molecule has 0 aliphatic heterocycles. The van der Waals surface area contributed by atoms with Crippen LogP contribution in [-0.4, -0.2) is 17.5 Å². The first-order chi connectivity index (χ1) is 5.31. The van der Waals surface area contributed by atoms with E-state index >= 15 is 0 Å². The van der Waals surface area contributed by atoms with Gasteiger partial charge >= 0.3 is 0 Å². The Bertz CT molecular complexity index is 176. The van der Waals surface area contributed by atoms with Gasteiger partial charge in [-0.05, 0) is 31.1 Å². The normalized spacial score (nSPS) is 43.0. The molecule has 2 aliphatic rings. The van der Waals surface area contributed by atoms with Crippen LogP contribution in [0.5, 0.6) is 0 Å². The van der Waals surface area contributed by atoms with E-state index < -0.39 is 0 Å². The van der Waals surface area contributed by atoms with Crippen LogP contribution in [0.2, 0.25) is 0 Å². The van der Waals surface area contributed by atoms with Crippen LogP contribution in [0.3, 0.4) is 0 Å². The second kappa shape index (κ2) is 2.59. The molecule has 2 bridgehead atoms. The Hall–Kier alpha value is -0.370. The Morgan fingerprint density at radius 2 is 2.27 bits per heavy atom. The minimum Gasteiger partial charge on any atom is -0.396 e. The molecule has 2 saturated carbocycles. The van der Waals surface area contributed by atoms with Crippen LogP contribution < -0.4 is 0 Å². The van der Waals surface area contributed by atoms with E-state index in [1.807, 2.05) is 0 Å². The number of rotatable bonds is 1. The van der Waals surface area contributed by atoms with Crippen molar-refractivity contribution in [2.45, 2.75) is 25.7 Å². The van der Waals surface area contributed by atoms with Gasteiger partial charge in [-0.15, -0.1) is 0 Å². The highest BCUT2D eigenvalue weighted by Gasteiger charge is 2.40. The van der Waals surface area contributed by atoms with E-state index in [-0.39, 0.29) is 12.5 Å². The third-order valence-corrected chi connectivity index (χ3v) is 3.25. The quantitative estimate of drug-likeness (QED) is 0.611. The molecule has 0 aromatic rings. The summed E-state index contributed by atoms with van der Waals surface area (Å²) in [6.45, 7) is 0.0796. The number of ketones is 1. The monoisotopic (exact) mass is 154 g/mol. The molecule has 2 rings (SSSR count). The van der Waals surface area contributed by atoms with Crippen molar-refractivity contribution in [3.63, 3.8) is 0 Å². The van der Waals surface area contributed by atoms with Crippen LogP contribution in [0.4, 0.5) is 0 Å². The zero-order chi connectivity index (χ0) is 7.84. The Kier molecular flexibility index (Phi) is 1.72. The topological polar surface area (TPSA) is 37.3 Å². The fourth-order valence-corrected chi connectivity index (χ4v) is 2.61. The number of fused-ring (bicyclic) bond motifs is 2. The molecule has 0 radical (unpaired) electrons. The van der Waals surface area contributed by atoms with Gasteiger partial charge < -0.3 is 5.11 Å². The van der Waals surface area contributed by atoms with Gasteiger partial charge in [-0.2, -0.15) is 0 Å². The van der Waals surface area contributed by atoms with Crippen molar-refractivity contribution in [1.82, 2.24) is 0 Å². The van der Waals surface area contributed by atoms with Crippen molar-refractivity contribution in [2.24, 2.45) is 17.8 Å². The molecular formula is C9H14O2. The average molecular weight is 154 g/mol. The first-order valence-electron chi connectivity index (χ1n) is 4.45. The van der Waals surface area contributed by atoms with Gasteiger partial charge in [-0.25, -0.2) is 0 Å². The highest BCUT2D eigenvalue weighted by atomic mass is 16.3. The first kappa shape index (κ1) is 7.29. The Balaban J connectivity index is 2.13. The molecule has 0 aromatic carbocycles. The second-order valence-electron chi connectivity index (χ2n) is 3.90. The largest absolute Gasteiger partial charge is 0.396 e. The molecule has 2 nitrogen and oxygen atoms in total. The van der Waals surface area contributed by atoms with Crippen molar-refractivity contribution >= 4 is 5.78 Å². The number of hydrogen-bond acceptors (Lipinski definition) is 2. The van der Waals surface area contributed by atoms with Crippen molar-refractivity contribution in [2.75, 3.05) is 6.61 Å². The molecule has 0 amide bonds. The van der Waals surface area contributed by atoms with Gasteiger partial charge in [-0.1, -0.05) is 0 Å². The lowest BCUT2D eigenvalue weighted by Crippen LogP contribution is -2.30. The van der Waals surface area contributed by atoms with E-state index in [1.165, 1.54) is 19.3 Å². The molecule has 0 heterocycles. The average Bonchev–Trinajstić information content (AvgIpc) is 2.34. The Morgan fingerprint density at radius 3 is 3.00 bits per heavy atom. The molecule has 2 heteroatoms. The first-order valence-corrected chi connectivity index (χ1v) is 4.45. The molecule has 0 aromatic heterocycles. The molecule has 2 fully saturated rings. The van der Waals surface area contributed by atoms with Crippen molar-refractivity contribution in [1.29, 1.82) is 0 Å². The molecule has 0 saturated heterocycles. The smallest absolute Gasteiger partial charge is 0.138 e. The third-order valence-electron chi connectivity index (χ3n) is 3.25. The zero-order valence-electron chi connectivity index (χ0n) is 6.62. The fraction of sp³-hybridized carbons (Fsp3) is 0.889. The van der Waals surface area contributed by atoms with Crippen LogP contribution in [0.25, 0.3) is 0 Å². The summed E-state index contributed by atoms with van der Waals surface area (Å²) in [5.74, 6) is 1.49. The second-order valence-corrected chi connectivity index (χ2v) is 3.90. The van der Waals surface area contributed by atoms with Crippen LogP contribution in [0.1, 0.15) is 25.7 Å². The minimum absolute atomic E-state index is 0.00579. The van der Waals surface area contributed by atoms with E-state index in [2.05, 4.69) is 0 Å². The molecule has 1 N–H and O–H groups in total. The highest BCUT2D eigenvalue weighted by molar-refractivity contribution is 5.82. The summed E-state index contributed by atoms with van der Waals surface area (Å²) < 4.78 is 0. The summed E-state index contributed by atoms with van der Waals surface area (Å²) in [7, 11) is 0. The number of carbonyl (C=O) groups is 1. The summed E-state index contributed by atoms with van der Waals surface area (Å²) in [5, 5.41) is 8.96. The maximum atomic E-state index is 11.3. The summed E-state index contributed by atoms with van der Waals surface area (Å²) in [6.07, 6.45) is 4.31. The number of aliphatic hydroxyl groups is 1. The fourth-order valence-electron chi connectivity index (χ4n) is 2.61. The molecule has 3 atom stereocenters. The number of aliphatic hydroxyl groups excluding tert-OH is 1. The molecule has 62 valence electrons. The molecule has 3 unspecified atom stereocenters.